The van der Waals surface area contributed by atoms with Gasteiger partial charge in [-0.3, -0.25) is 4.90 Å². The molecule has 0 amide bonds. The molecule has 0 bridgehead atoms. The van der Waals surface area contributed by atoms with Crippen LogP contribution in [0.15, 0.2) is 12.1 Å². The molecule has 1 aromatic carbocycles. The summed E-state index contributed by atoms with van der Waals surface area (Å²) in [7, 11) is 0. The molecule has 1 heterocycles. The van der Waals surface area contributed by atoms with Gasteiger partial charge < -0.3 is 5.73 Å². The van der Waals surface area contributed by atoms with Crippen molar-refractivity contribution in [3.8, 4) is 0 Å². The van der Waals surface area contributed by atoms with Gasteiger partial charge in [0.05, 0.1) is 0 Å². The maximum Gasteiger partial charge on any atom is 0.194 e. The summed E-state index contributed by atoms with van der Waals surface area (Å²) in [5, 5.41) is 0. The van der Waals surface area contributed by atoms with Gasteiger partial charge in [0.15, 0.2) is 17.5 Å². The third-order valence-electron chi connectivity index (χ3n) is 3.51. The van der Waals surface area contributed by atoms with Crippen LogP contribution in [0.25, 0.3) is 0 Å². The van der Waals surface area contributed by atoms with E-state index in [0.29, 0.717) is 5.56 Å². The Bertz CT molecular complexity index is 470. The molecule has 112 valence electrons. The van der Waals surface area contributed by atoms with E-state index < -0.39 is 17.5 Å². The Kier molecular flexibility index (Phi) is 4.66. The van der Waals surface area contributed by atoms with E-state index in [-0.39, 0.29) is 17.3 Å². The Balaban J connectivity index is 2.28. The maximum atomic E-state index is 13.4. The normalized spacial score (nSPS) is 20.9. The molecule has 0 aliphatic carbocycles. The van der Waals surface area contributed by atoms with E-state index in [2.05, 4.69) is 18.7 Å². The van der Waals surface area contributed by atoms with E-state index in [1.54, 1.807) is 0 Å². The van der Waals surface area contributed by atoms with Crippen LogP contribution in [-0.2, 0) is 0 Å². The van der Waals surface area contributed by atoms with E-state index in [1.807, 2.05) is 11.8 Å². The zero-order valence-corrected chi connectivity index (χ0v) is 12.4. The highest BCUT2D eigenvalue weighted by molar-refractivity contribution is 8.00. The summed E-state index contributed by atoms with van der Waals surface area (Å²) in [6.07, 6.45) is 0. The monoisotopic (exact) mass is 304 g/mol. The fraction of sp³-hybridized carbons (Fsp3) is 0.571. The van der Waals surface area contributed by atoms with E-state index in [0.717, 1.165) is 31.0 Å². The number of thioether (sulfide) groups is 1. The van der Waals surface area contributed by atoms with Crippen LogP contribution in [0.5, 0.6) is 0 Å². The van der Waals surface area contributed by atoms with Crippen molar-refractivity contribution in [1.82, 2.24) is 4.90 Å². The summed E-state index contributed by atoms with van der Waals surface area (Å²) in [6, 6.07) is 1.80. The molecule has 1 saturated heterocycles. The summed E-state index contributed by atoms with van der Waals surface area (Å²) >= 11 is 1.87. The lowest BCUT2D eigenvalue weighted by Crippen LogP contribution is -2.46. The van der Waals surface area contributed by atoms with Crippen LogP contribution in [0.3, 0.4) is 0 Å². The van der Waals surface area contributed by atoms with Crippen LogP contribution in [0, 0.1) is 17.5 Å². The molecule has 2 N–H and O–H groups in total. The maximum absolute atomic E-state index is 13.4. The first-order valence-electron chi connectivity index (χ1n) is 6.56. The van der Waals surface area contributed by atoms with Crippen LogP contribution in [0.2, 0.25) is 0 Å². The molecule has 1 unspecified atom stereocenters. The number of benzene rings is 1. The molecule has 20 heavy (non-hydrogen) atoms. The molecule has 6 heteroatoms. The van der Waals surface area contributed by atoms with Gasteiger partial charge >= 0.3 is 0 Å². The van der Waals surface area contributed by atoms with Gasteiger partial charge in [-0.1, -0.05) is 0 Å². The largest absolute Gasteiger partial charge is 0.329 e. The highest BCUT2D eigenvalue weighted by atomic mass is 32.2. The summed E-state index contributed by atoms with van der Waals surface area (Å²) in [5.41, 5.74) is 6.17. The second-order valence-electron chi connectivity index (χ2n) is 5.63. The first-order chi connectivity index (χ1) is 9.34. The fourth-order valence-electron chi connectivity index (χ4n) is 2.58. The van der Waals surface area contributed by atoms with Gasteiger partial charge in [0, 0.05) is 36.2 Å². The van der Waals surface area contributed by atoms with Crippen LogP contribution in [0.4, 0.5) is 13.2 Å². The van der Waals surface area contributed by atoms with Gasteiger partial charge in [0.25, 0.3) is 0 Å². The number of hydrogen-bond acceptors (Lipinski definition) is 3. The molecular weight excluding hydrogens is 285 g/mol. The minimum Gasteiger partial charge on any atom is -0.329 e. The molecule has 0 radical (unpaired) electrons. The minimum atomic E-state index is -1.43. The highest BCUT2D eigenvalue weighted by Gasteiger charge is 2.31. The smallest absolute Gasteiger partial charge is 0.194 e. The van der Waals surface area contributed by atoms with Crippen molar-refractivity contribution in [3.05, 3.63) is 35.1 Å². The quantitative estimate of drug-likeness (QED) is 0.871. The number of nitrogens with two attached hydrogens (primary N) is 1. The first-order valence-corrected chi connectivity index (χ1v) is 7.55. The number of hydrogen-bond donors (Lipinski definition) is 1. The van der Waals surface area contributed by atoms with Crippen molar-refractivity contribution >= 4 is 11.8 Å². The second-order valence-corrected chi connectivity index (χ2v) is 7.43. The molecule has 1 aliphatic heterocycles. The standard InChI is InChI=1S/C14H19F3N2S/c1-14(2)8-19(3-4-20-14)12(7-18)9-5-10(15)13(17)11(16)6-9/h5-6,12H,3-4,7-8,18H2,1-2H3. The third kappa shape index (κ3) is 3.30. The van der Waals surface area contributed by atoms with Crippen LogP contribution in [0.1, 0.15) is 25.5 Å². The van der Waals surface area contributed by atoms with Crippen molar-refractivity contribution in [3.63, 3.8) is 0 Å². The van der Waals surface area contributed by atoms with E-state index in [9.17, 15) is 13.2 Å². The first kappa shape index (κ1) is 15.7. The van der Waals surface area contributed by atoms with E-state index >= 15 is 0 Å². The summed E-state index contributed by atoms with van der Waals surface area (Å²) < 4.78 is 39.9. The molecule has 0 aromatic heterocycles. The van der Waals surface area contributed by atoms with Gasteiger partial charge in [-0.2, -0.15) is 11.8 Å². The van der Waals surface area contributed by atoms with Crippen LogP contribution in [-0.4, -0.2) is 35.0 Å². The predicted molar refractivity (Wildman–Crippen MR) is 76.2 cm³/mol. The van der Waals surface area contributed by atoms with Crippen molar-refractivity contribution < 1.29 is 13.2 Å². The molecule has 1 atom stereocenters. The van der Waals surface area contributed by atoms with E-state index in [4.69, 9.17) is 5.73 Å². The Labute approximate surface area is 121 Å². The minimum absolute atomic E-state index is 0.0722. The second kappa shape index (κ2) is 5.95. The molecule has 1 fully saturated rings. The van der Waals surface area contributed by atoms with Gasteiger partial charge in [0.1, 0.15) is 0 Å². The Morgan fingerprint density at radius 2 is 1.90 bits per heavy atom. The molecule has 0 saturated carbocycles. The Hall–Kier alpha value is -0.720. The Morgan fingerprint density at radius 1 is 1.30 bits per heavy atom. The number of halogens is 3. The number of nitrogens with zero attached hydrogens (tertiary/aromatic N) is 1. The van der Waals surface area contributed by atoms with Gasteiger partial charge in [-0.05, 0) is 31.5 Å². The lowest BCUT2D eigenvalue weighted by molar-refractivity contribution is 0.191. The van der Waals surface area contributed by atoms with E-state index in [1.165, 1.54) is 0 Å². The summed E-state index contributed by atoms with van der Waals surface area (Å²) in [5.74, 6) is -2.82. The zero-order chi connectivity index (χ0) is 14.9. The third-order valence-corrected chi connectivity index (χ3v) is 4.81. The number of rotatable bonds is 3. The topological polar surface area (TPSA) is 29.3 Å². The molecule has 2 nitrogen and oxygen atoms in total. The van der Waals surface area contributed by atoms with Gasteiger partial charge in [-0.15, -0.1) is 0 Å². The van der Waals surface area contributed by atoms with Gasteiger partial charge in [0.2, 0.25) is 0 Å². The lowest BCUT2D eigenvalue weighted by Gasteiger charge is -2.41. The summed E-state index contributed by atoms with van der Waals surface area (Å²) in [4.78, 5) is 2.11. The van der Waals surface area contributed by atoms with Crippen LogP contribution < -0.4 is 5.73 Å². The molecule has 1 aliphatic rings. The highest BCUT2D eigenvalue weighted by Crippen LogP contribution is 2.34. The van der Waals surface area contributed by atoms with Gasteiger partial charge in [-0.25, -0.2) is 13.2 Å². The predicted octanol–water partition coefficient (Wildman–Crippen LogP) is 2.93. The SMILES string of the molecule is CC1(C)CN(C(CN)c2cc(F)c(F)c(F)c2)CCS1. The van der Waals surface area contributed by atoms with Crippen molar-refractivity contribution in [2.75, 3.05) is 25.4 Å². The van der Waals surface area contributed by atoms with Crippen molar-refractivity contribution in [2.24, 2.45) is 5.73 Å². The fourth-order valence-corrected chi connectivity index (χ4v) is 3.72. The summed E-state index contributed by atoms with van der Waals surface area (Å²) in [6.45, 7) is 6.08. The van der Waals surface area contributed by atoms with Crippen molar-refractivity contribution in [1.29, 1.82) is 0 Å². The molecule has 0 spiro atoms. The zero-order valence-electron chi connectivity index (χ0n) is 11.6. The Morgan fingerprint density at radius 3 is 2.40 bits per heavy atom. The average Bonchev–Trinajstić information content (AvgIpc) is 2.35. The molecular formula is C14H19F3N2S. The molecule has 1 aromatic rings. The lowest BCUT2D eigenvalue weighted by atomic mass is 10.0. The van der Waals surface area contributed by atoms with Crippen LogP contribution >= 0.6 is 11.8 Å². The average molecular weight is 304 g/mol. The van der Waals surface area contributed by atoms with Crippen molar-refractivity contribution in [2.45, 2.75) is 24.6 Å². The molecule has 2 rings (SSSR count).